The molecule has 0 saturated heterocycles. The molecule has 1 aliphatic heterocycles. The second-order valence-electron chi connectivity index (χ2n) is 6.15. The van der Waals surface area contributed by atoms with Crippen LogP contribution in [0.5, 0.6) is 5.75 Å². The summed E-state index contributed by atoms with van der Waals surface area (Å²) in [7, 11) is 1.59. The van der Waals surface area contributed by atoms with E-state index in [1.54, 1.807) is 43.4 Å². The van der Waals surface area contributed by atoms with Gasteiger partial charge in [0.25, 0.3) is 11.8 Å². The Morgan fingerprint density at radius 2 is 1.63 bits per heavy atom. The minimum atomic E-state index is -0.461. The lowest BCUT2D eigenvalue weighted by Gasteiger charge is -2.19. The Morgan fingerprint density at radius 3 is 2.26 bits per heavy atom. The highest BCUT2D eigenvalue weighted by atomic mass is 19.1. The smallest absolute Gasteiger partial charge is 0.261 e. The average Bonchev–Trinajstić information content (AvgIpc) is 2.92. The largest absolute Gasteiger partial charge is 0.489 e. The van der Waals surface area contributed by atoms with Crippen molar-refractivity contribution in [1.82, 2.24) is 9.80 Å². The van der Waals surface area contributed by atoms with Crippen LogP contribution < -0.4 is 4.74 Å². The third kappa shape index (κ3) is 3.97. The number of likely N-dealkylation sites (N-methyl/N-ethyl adjacent to an activating group) is 1. The lowest BCUT2D eigenvalue weighted by Crippen LogP contribution is -2.36. The normalized spacial score (nSPS) is 12.9. The molecule has 0 fully saturated rings. The van der Waals surface area contributed by atoms with Crippen LogP contribution in [-0.2, 0) is 4.79 Å². The number of hydrogen-bond acceptors (Lipinski definition) is 4. The average molecular weight is 370 g/mol. The van der Waals surface area contributed by atoms with Crippen LogP contribution >= 0.6 is 0 Å². The maximum Gasteiger partial charge on any atom is 0.261 e. The summed E-state index contributed by atoms with van der Waals surface area (Å²) in [6, 6.07) is 12.6. The lowest BCUT2D eigenvalue weighted by atomic mass is 10.1. The SMILES string of the molecule is CN(CCOc1ccccc1F)C(=O)CCN1C(=O)c2ccccc2C1=O. The number of halogens is 1. The van der Waals surface area contributed by atoms with Gasteiger partial charge in [0.2, 0.25) is 5.91 Å². The molecule has 0 atom stereocenters. The number of fused-ring (bicyclic) bond motifs is 1. The second-order valence-corrected chi connectivity index (χ2v) is 6.15. The van der Waals surface area contributed by atoms with Gasteiger partial charge in [0.05, 0.1) is 17.7 Å². The molecule has 0 radical (unpaired) electrons. The number of carbonyl (C=O) groups is 3. The van der Waals surface area contributed by atoms with E-state index in [-0.39, 0.29) is 49.6 Å². The fourth-order valence-electron chi connectivity index (χ4n) is 2.82. The molecule has 6 nitrogen and oxygen atoms in total. The van der Waals surface area contributed by atoms with Crippen LogP contribution in [0.2, 0.25) is 0 Å². The zero-order chi connectivity index (χ0) is 19.4. The highest BCUT2D eigenvalue weighted by Crippen LogP contribution is 2.22. The van der Waals surface area contributed by atoms with Crippen molar-refractivity contribution in [2.24, 2.45) is 0 Å². The van der Waals surface area contributed by atoms with Crippen molar-refractivity contribution >= 4 is 17.7 Å². The van der Waals surface area contributed by atoms with Crippen molar-refractivity contribution in [3.05, 3.63) is 65.5 Å². The van der Waals surface area contributed by atoms with Crippen LogP contribution in [0, 0.1) is 5.82 Å². The summed E-state index contributed by atoms with van der Waals surface area (Å²) in [5.41, 5.74) is 0.725. The molecular formula is C20H19FN2O4. The van der Waals surface area contributed by atoms with Gasteiger partial charge >= 0.3 is 0 Å². The van der Waals surface area contributed by atoms with Crippen molar-refractivity contribution in [2.75, 3.05) is 26.7 Å². The van der Waals surface area contributed by atoms with Crippen molar-refractivity contribution in [2.45, 2.75) is 6.42 Å². The Labute approximate surface area is 156 Å². The van der Waals surface area contributed by atoms with Gasteiger partial charge in [0.15, 0.2) is 11.6 Å². The summed E-state index contributed by atoms with van der Waals surface area (Å²) < 4.78 is 18.8. The van der Waals surface area contributed by atoms with E-state index in [0.29, 0.717) is 11.1 Å². The number of rotatable bonds is 7. The summed E-state index contributed by atoms with van der Waals surface area (Å²) in [6.07, 6.45) is 0.0155. The molecular weight excluding hydrogens is 351 g/mol. The standard InChI is InChI=1S/C20H19FN2O4/c1-22(12-13-27-17-9-5-4-8-16(17)21)18(24)10-11-23-19(25)14-6-2-3-7-15(14)20(23)26/h2-9H,10-13H2,1H3. The van der Waals surface area contributed by atoms with E-state index >= 15 is 0 Å². The van der Waals surface area contributed by atoms with Gasteiger partial charge in [-0.05, 0) is 24.3 Å². The van der Waals surface area contributed by atoms with E-state index in [1.165, 1.54) is 17.0 Å². The third-order valence-corrected chi connectivity index (χ3v) is 4.37. The molecule has 1 heterocycles. The number of hydrogen-bond donors (Lipinski definition) is 0. The first-order valence-corrected chi connectivity index (χ1v) is 8.55. The highest BCUT2D eigenvalue weighted by molar-refractivity contribution is 6.21. The zero-order valence-corrected chi connectivity index (χ0v) is 14.9. The van der Waals surface area contributed by atoms with Gasteiger partial charge in [0, 0.05) is 20.0 Å². The molecule has 0 saturated carbocycles. The number of ether oxygens (including phenoxy) is 1. The summed E-state index contributed by atoms with van der Waals surface area (Å²) in [5, 5.41) is 0. The molecule has 7 heteroatoms. The van der Waals surface area contributed by atoms with Crippen molar-refractivity contribution in [3.8, 4) is 5.75 Å². The maximum atomic E-state index is 13.5. The second kappa shape index (κ2) is 7.99. The summed E-state index contributed by atoms with van der Waals surface area (Å²) in [5.74, 6) is -1.33. The molecule has 1 aliphatic rings. The van der Waals surface area contributed by atoms with Gasteiger partial charge in [-0.3, -0.25) is 19.3 Å². The fraction of sp³-hybridized carbons (Fsp3) is 0.250. The minimum absolute atomic E-state index is 0.0155. The first-order chi connectivity index (χ1) is 13.0. The van der Waals surface area contributed by atoms with Gasteiger partial charge < -0.3 is 9.64 Å². The maximum absolute atomic E-state index is 13.5. The molecule has 0 aromatic heterocycles. The Bertz CT molecular complexity index is 849. The van der Waals surface area contributed by atoms with E-state index < -0.39 is 5.82 Å². The molecule has 0 spiro atoms. The molecule has 2 aromatic rings. The van der Waals surface area contributed by atoms with Crippen LogP contribution in [0.3, 0.4) is 0 Å². The monoisotopic (exact) mass is 370 g/mol. The Balaban J connectivity index is 1.47. The molecule has 3 amide bonds. The Kier molecular flexibility index (Phi) is 5.49. The Hall–Kier alpha value is -3.22. The van der Waals surface area contributed by atoms with E-state index in [9.17, 15) is 18.8 Å². The molecule has 3 rings (SSSR count). The quantitative estimate of drug-likeness (QED) is 0.702. The molecule has 0 bridgehead atoms. The number of carbonyl (C=O) groups excluding carboxylic acids is 3. The first kappa shape index (κ1) is 18.6. The molecule has 0 N–H and O–H groups in total. The van der Waals surface area contributed by atoms with Crippen molar-refractivity contribution < 1.29 is 23.5 Å². The number of benzene rings is 2. The first-order valence-electron chi connectivity index (χ1n) is 8.55. The van der Waals surface area contributed by atoms with Crippen LogP contribution in [0.4, 0.5) is 4.39 Å². The van der Waals surface area contributed by atoms with E-state index in [4.69, 9.17) is 4.74 Å². The van der Waals surface area contributed by atoms with Gasteiger partial charge in [-0.1, -0.05) is 24.3 Å². The topological polar surface area (TPSA) is 66.9 Å². The Morgan fingerprint density at radius 1 is 1.04 bits per heavy atom. The van der Waals surface area contributed by atoms with Gasteiger partial charge in [-0.25, -0.2) is 4.39 Å². The third-order valence-electron chi connectivity index (χ3n) is 4.37. The fourth-order valence-corrected chi connectivity index (χ4v) is 2.82. The molecule has 140 valence electrons. The van der Waals surface area contributed by atoms with Gasteiger partial charge in [0.1, 0.15) is 6.61 Å². The van der Waals surface area contributed by atoms with Crippen LogP contribution in [0.25, 0.3) is 0 Å². The summed E-state index contributed by atoms with van der Waals surface area (Å²) >= 11 is 0. The summed E-state index contributed by atoms with van der Waals surface area (Å²) in [6.45, 7) is 0.412. The number of nitrogens with zero attached hydrogens (tertiary/aromatic N) is 2. The van der Waals surface area contributed by atoms with Gasteiger partial charge in [-0.15, -0.1) is 0 Å². The minimum Gasteiger partial charge on any atom is -0.489 e. The van der Waals surface area contributed by atoms with Gasteiger partial charge in [-0.2, -0.15) is 0 Å². The molecule has 0 unspecified atom stereocenters. The van der Waals surface area contributed by atoms with Crippen molar-refractivity contribution in [1.29, 1.82) is 0 Å². The van der Waals surface area contributed by atoms with E-state index in [0.717, 1.165) is 4.90 Å². The van der Waals surface area contributed by atoms with Crippen LogP contribution in [0.1, 0.15) is 27.1 Å². The molecule has 2 aromatic carbocycles. The number of amides is 3. The number of para-hydroxylation sites is 1. The van der Waals surface area contributed by atoms with Crippen LogP contribution in [0.15, 0.2) is 48.5 Å². The summed E-state index contributed by atoms with van der Waals surface area (Å²) in [4.78, 5) is 39.3. The lowest BCUT2D eigenvalue weighted by molar-refractivity contribution is -0.130. The zero-order valence-electron chi connectivity index (χ0n) is 14.9. The highest BCUT2D eigenvalue weighted by Gasteiger charge is 2.35. The van der Waals surface area contributed by atoms with E-state index in [2.05, 4.69) is 0 Å². The molecule has 0 aliphatic carbocycles. The number of imide groups is 1. The predicted octanol–water partition coefficient (Wildman–Crippen LogP) is 2.35. The van der Waals surface area contributed by atoms with Crippen molar-refractivity contribution in [3.63, 3.8) is 0 Å². The van der Waals surface area contributed by atoms with E-state index in [1.807, 2.05) is 0 Å². The van der Waals surface area contributed by atoms with Crippen LogP contribution in [-0.4, -0.2) is 54.3 Å². The predicted molar refractivity (Wildman–Crippen MR) is 96.0 cm³/mol. The molecule has 27 heavy (non-hydrogen) atoms.